The zero-order valence-corrected chi connectivity index (χ0v) is 8.57. The summed E-state index contributed by atoms with van der Waals surface area (Å²) in [6, 6.07) is 0. The summed E-state index contributed by atoms with van der Waals surface area (Å²) < 4.78 is 4.70. The molecule has 0 saturated carbocycles. The van der Waals surface area contributed by atoms with Gasteiger partial charge >= 0.3 is 5.97 Å². The predicted molar refractivity (Wildman–Crippen MR) is 50.9 cm³/mol. The summed E-state index contributed by atoms with van der Waals surface area (Å²) in [5, 5.41) is 5.40. The third-order valence-corrected chi connectivity index (χ3v) is 2.10. The molecule has 0 aromatic heterocycles. The van der Waals surface area contributed by atoms with Crippen LogP contribution >= 0.6 is 0 Å². The smallest absolute Gasteiger partial charge is 0.333 e. The molecule has 88 valence electrons. The summed E-state index contributed by atoms with van der Waals surface area (Å²) in [5.41, 5.74) is 5.26. The molecule has 2 atom stereocenters. The van der Waals surface area contributed by atoms with E-state index >= 15 is 0 Å². The maximum absolute atomic E-state index is 11.5. The fourth-order valence-corrected chi connectivity index (χ4v) is 1.38. The summed E-state index contributed by atoms with van der Waals surface area (Å²) in [5.74, 6) is -0.959. The second-order valence-corrected chi connectivity index (χ2v) is 3.22. The first-order chi connectivity index (χ1) is 7.70. The molecule has 0 aromatic rings. The number of piperazine rings is 1. The number of carbonyl (C=O) groups excluding carboxylic acids is 2. The number of carbonyl (C=O) groups is 2. The fraction of sp³-hybridized carbons (Fsp3) is 0.500. The molecule has 16 heavy (non-hydrogen) atoms. The molecule has 0 bridgehead atoms. The molecule has 1 amide bonds. The predicted octanol–water partition coefficient (Wildman–Crippen LogP) is -2.16. The number of ether oxygens (including phenoxy) is 1. The Morgan fingerprint density at radius 3 is 2.81 bits per heavy atom. The number of amides is 1. The Hall–Kier alpha value is -1.64. The molecular weight excluding hydrogens is 216 g/mol. The molecular formula is C8H12N4O4. The summed E-state index contributed by atoms with van der Waals surface area (Å²) in [4.78, 5) is 27.4. The van der Waals surface area contributed by atoms with E-state index in [0.29, 0.717) is 0 Å². The van der Waals surface area contributed by atoms with Crippen molar-refractivity contribution in [3.63, 3.8) is 0 Å². The van der Waals surface area contributed by atoms with Crippen molar-refractivity contribution < 1.29 is 19.3 Å². The van der Waals surface area contributed by atoms with Gasteiger partial charge in [0.1, 0.15) is 18.0 Å². The van der Waals surface area contributed by atoms with Gasteiger partial charge in [-0.1, -0.05) is 0 Å². The van der Waals surface area contributed by atoms with Crippen LogP contribution in [-0.4, -0.2) is 30.8 Å². The van der Waals surface area contributed by atoms with Crippen molar-refractivity contribution in [2.45, 2.75) is 19.3 Å². The van der Waals surface area contributed by atoms with Gasteiger partial charge in [-0.05, 0) is 6.92 Å². The zero-order chi connectivity index (χ0) is 11.5. The van der Waals surface area contributed by atoms with E-state index in [-0.39, 0.29) is 24.6 Å². The van der Waals surface area contributed by atoms with Gasteiger partial charge < -0.3 is 15.4 Å². The van der Waals surface area contributed by atoms with Crippen LogP contribution in [0, 0.1) is 0 Å². The average molecular weight is 228 g/mol. The molecule has 0 radical (unpaired) electrons. The van der Waals surface area contributed by atoms with E-state index in [9.17, 15) is 9.59 Å². The lowest BCUT2D eigenvalue weighted by Crippen LogP contribution is -2.61. The number of hydroxylamine groups is 2. The first kappa shape index (κ1) is 10.9. The highest BCUT2D eigenvalue weighted by Gasteiger charge is 2.36. The second kappa shape index (κ2) is 4.47. The highest BCUT2D eigenvalue weighted by molar-refractivity contribution is 5.99. The van der Waals surface area contributed by atoms with Crippen LogP contribution in [-0.2, 0) is 19.3 Å². The standard InChI is InChI=1S/C8H12N4O4/c1-2-15-5(13)3-4-8(14)10-7-6(9-4)11-16-12-7/h3,6-7,9,11-12H,2H2,1H3,(H,10,14)/b4-3+. The van der Waals surface area contributed by atoms with Gasteiger partial charge in [-0.2, -0.15) is 11.0 Å². The Labute approximate surface area is 91.3 Å². The molecule has 2 heterocycles. The Balaban J connectivity index is 2.04. The summed E-state index contributed by atoms with van der Waals surface area (Å²) in [7, 11) is 0. The minimum Gasteiger partial charge on any atom is -0.463 e. The number of nitrogens with one attached hydrogen (secondary N) is 4. The first-order valence-corrected chi connectivity index (χ1v) is 4.83. The third kappa shape index (κ3) is 2.13. The van der Waals surface area contributed by atoms with Gasteiger partial charge in [0.25, 0.3) is 5.91 Å². The SMILES string of the molecule is CCOC(=O)/C=C1/NC2NONC2NC1=O. The lowest BCUT2D eigenvalue weighted by molar-refractivity contribution is -0.137. The molecule has 8 nitrogen and oxygen atoms in total. The van der Waals surface area contributed by atoms with Crippen molar-refractivity contribution in [3.8, 4) is 0 Å². The molecule has 8 heteroatoms. The molecule has 2 aliphatic heterocycles. The number of esters is 1. The van der Waals surface area contributed by atoms with Crippen LogP contribution in [0.25, 0.3) is 0 Å². The van der Waals surface area contributed by atoms with E-state index in [4.69, 9.17) is 9.68 Å². The maximum Gasteiger partial charge on any atom is 0.333 e. The Bertz CT molecular complexity index is 343. The van der Waals surface area contributed by atoms with E-state index in [2.05, 4.69) is 21.6 Å². The third-order valence-electron chi connectivity index (χ3n) is 2.10. The molecule has 2 unspecified atom stereocenters. The van der Waals surface area contributed by atoms with E-state index in [0.717, 1.165) is 6.08 Å². The van der Waals surface area contributed by atoms with Crippen molar-refractivity contribution in [1.29, 1.82) is 0 Å². The topological polar surface area (TPSA) is 101 Å². The van der Waals surface area contributed by atoms with Gasteiger partial charge in [-0.3, -0.25) is 4.79 Å². The lowest BCUT2D eigenvalue weighted by Gasteiger charge is -2.27. The summed E-state index contributed by atoms with van der Waals surface area (Å²) >= 11 is 0. The van der Waals surface area contributed by atoms with Crippen LogP contribution in [0.4, 0.5) is 0 Å². The molecule has 0 spiro atoms. The monoisotopic (exact) mass is 228 g/mol. The molecule has 2 rings (SSSR count). The van der Waals surface area contributed by atoms with E-state index < -0.39 is 11.9 Å². The number of hydrogen-bond donors (Lipinski definition) is 4. The lowest BCUT2D eigenvalue weighted by atomic mass is 10.2. The molecule has 0 aliphatic carbocycles. The van der Waals surface area contributed by atoms with Crippen molar-refractivity contribution in [2.75, 3.05) is 6.61 Å². The van der Waals surface area contributed by atoms with E-state index in [1.165, 1.54) is 0 Å². The molecule has 2 saturated heterocycles. The molecule has 2 fully saturated rings. The second-order valence-electron chi connectivity index (χ2n) is 3.22. The van der Waals surface area contributed by atoms with Crippen molar-refractivity contribution in [3.05, 3.63) is 11.8 Å². The summed E-state index contributed by atoms with van der Waals surface area (Å²) in [6.45, 7) is 1.95. The van der Waals surface area contributed by atoms with E-state index in [1.807, 2.05) is 0 Å². The molecule has 2 aliphatic rings. The Morgan fingerprint density at radius 2 is 2.12 bits per heavy atom. The highest BCUT2D eigenvalue weighted by atomic mass is 16.8. The van der Waals surface area contributed by atoms with Gasteiger partial charge in [0.15, 0.2) is 0 Å². The largest absolute Gasteiger partial charge is 0.463 e. The van der Waals surface area contributed by atoms with Gasteiger partial charge in [0, 0.05) is 0 Å². The average Bonchev–Trinajstić information content (AvgIpc) is 2.65. The Kier molecular flexibility index (Phi) is 3.04. The molecule has 0 aromatic carbocycles. The maximum atomic E-state index is 11.5. The van der Waals surface area contributed by atoms with E-state index in [1.54, 1.807) is 6.92 Å². The van der Waals surface area contributed by atoms with Crippen molar-refractivity contribution in [1.82, 2.24) is 21.6 Å². The van der Waals surface area contributed by atoms with Gasteiger partial charge in [0.2, 0.25) is 0 Å². The van der Waals surface area contributed by atoms with Crippen LogP contribution < -0.4 is 21.6 Å². The van der Waals surface area contributed by atoms with Crippen molar-refractivity contribution in [2.24, 2.45) is 0 Å². The zero-order valence-electron chi connectivity index (χ0n) is 8.57. The van der Waals surface area contributed by atoms with Gasteiger partial charge in [0.05, 0.1) is 12.7 Å². The first-order valence-electron chi connectivity index (χ1n) is 4.83. The quantitative estimate of drug-likeness (QED) is 0.315. The van der Waals surface area contributed by atoms with Crippen LogP contribution in [0.3, 0.4) is 0 Å². The molecule has 4 N–H and O–H groups in total. The Morgan fingerprint density at radius 1 is 1.44 bits per heavy atom. The van der Waals surface area contributed by atoms with Crippen LogP contribution in [0.2, 0.25) is 0 Å². The minimum atomic E-state index is -0.564. The number of fused-ring (bicyclic) bond motifs is 1. The normalized spacial score (nSPS) is 30.6. The number of rotatable bonds is 2. The highest BCUT2D eigenvalue weighted by Crippen LogP contribution is 2.06. The fourth-order valence-electron chi connectivity index (χ4n) is 1.38. The van der Waals surface area contributed by atoms with Crippen LogP contribution in [0.15, 0.2) is 11.8 Å². The van der Waals surface area contributed by atoms with Crippen molar-refractivity contribution >= 4 is 11.9 Å². The summed E-state index contributed by atoms with van der Waals surface area (Å²) in [6.07, 6.45) is 0.417. The van der Waals surface area contributed by atoms with Crippen LogP contribution in [0.5, 0.6) is 0 Å². The van der Waals surface area contributed by atoms with Crippen LogP contribution in [0.1, 0.15) is 6.92 Å². The number of hydrogen-bond acceptors (Lipinski definition) is 7. The van der Waals surface area contributed by atoms with Gasteiger partial charge in [-0.25, -0.2) is 9.73 Å². The van der Waals surface area contributed by atoms with Gasteiger partial charge in [-0.15, -0.1) is 0 Å². The minimum absolute atomic E-state index is 0.138.